The molecule has 2 aromatic carbocycles. The monoisotopic (exact) mass is 678 g/mol. The average Bonchev–Trinajstić information content (AvgIpc) is 3.55. The fourth-order valence-corrected chi connectivity index (χ4v) is 6.91. The van der Waals surface area contributed by atoms with Crippen molar-refractivity contribution >= 4 is 58.2 Å². The van der Waals surface area contributed by atoms with Crippen molar-refractivity contribution in [2.75, 3.05) is 24.4 Å². The number of methoxy groups -OCH3 is 1. The standard InChI is InChI=1S/C35H36ClFN4O7/c1-3-47-33(44)27-8-5-4-7-21(24-15-14-23(38-24)20-11-10-19(17-28(20)39-27)18-29(42)46-2)32(43)26-9-6-16-35(41-26)30-25(40-34(45)48-35)13-12-22(36)31(30)37/h4-5,10-14,17,21,26-27,39,41H,3,6-9,15-16,18H2,1-2H3,(H,40,45)/b5-4+/t21?,26?,27?,35-/m1/s1. The Bertz CT molecular complexity index is 1760. The Morgan fingerprint density at radius 2 is 1.94 bits per heavy atom. The van der Waals surface area contributed by atoms with Gasteiger partial charge in [0, 0.05) is 29.8 Å². The summed E-state index contributed by atoms with van der Waals surface area (Å²) >= 11 is 6.13. The number of amides is 1. The van der Waals surface area contributed by atoms with E-state index in [2.05, 4.69) is 16.0 Å². The normalized spacial score (nSPS) is 25.3. The fraction of sp³-hybridized carbons (Fsp3) is 0.400. The lowest BCUT2D eigenvalue weighted by molar-refractivity contribution is -0.144. The highest BCUT2D eigenvalue weighted by atomic mass is 35.5. The lowest BCUT2D eigenvalue weighted by atomic mass is 9.81. The number of nitrogens with one attached hydrogen (secondary N) is 3. The smallest absolute Gasteiger partial charge is 0.413 e. The van der Waals surface area contributed by atoms with Crippen molar-refractivity contribution in [3.8, 4) is 0 Å². The number of esters is 2. The molecule has 2 bridgehead atoms. The third-order valence-corrected chi connectivity index (χ3v) is 9.33. The van der Waals surface area contributed by atoms with Crippen LogP contribution < -0.4 is 16.0 Å². The molecule has 1 saturated heterocycles. The maximum Gasteiger partial charge on any atom is 0.413 e. The van der Waals surface area contributed by atoms with Gasteiger partial charge in [-0.05, 0) is 56.4 Å². The molecule has 0 radical (unpaired) electrons. The summed E-state index contributed by atoms with van der Waals surface area (Å²) in [6.07, 6.45) is 7.06. The zero-order valence-corrected chi connectivity index (χ0v) is 27.3. The van der Waals surface area contributed by atoms with Crippen LogP contribution in [-0.2, 0) is 40.7 Å². The molecular formula is C35H36ClFN4O7. The van der Waals surface area contributed by atoms with Crippen LogP contribution in [0, 0.1) is 11.7 Å². The van der Waals surface area contributed by atoms with Crippen molar-refractivity contribution in [3.63, 3.8) is 0 Å². The molecule has 1 spiro atoms. The van der Waals surface area contributed by atoms with E-state index in [1.807, 2.05) is 24.3 Å². The minimum atomic E-state index is -1.58. The Morgan fingerprint density at radius 1 is 1.12 bits per heavy atom. The Morgan fingerprint density at radius 3 is 2.73 bits per heavy atom. The van der Waals surface area contributed by atoms with Gasteiger partial charge in [0.15, 0.2) is 17.3 Å². The third kappa shape index (κ3) is 6.59. The van der Waals surface area contributed by atoms with Gasteiger partial charge < -0.3 is 19.5 Å². The summed E-state index contributed by atoms with van der Waals surface area (Å²) in [6.45, 7) is 1.93. The van der Waals surface area contributed by atoms with E-state index in [1.54, 1.807) is 19.1 Å². The molecule has 4 atom stereocenters. The van der Waals surface area contributed by atoms with Crippen molar-refractivity contribution < 1.29 is 37.8 Å². The highest BCUT2D eigenvalue weighted by Gasteiger charge is 2.50. The van der Waals surface area contributed by atoms with Crippen LogP contribution in [0.15, 0.2) is 53.6 Å². The minimum absolute atomic E-state index is 0.0431. The summed E-state index contributed by atoms with van der Waals surface area (Å²) in [4.78, 5) is 56.9. The van der Waals surface area contributed by atoms with E-state index in [0.717, 1.165) is 0 Å². The zero-order valence-electron chi connectivity index (χ0n) is 26.6. The number of Topliss-reactive ketones (excluding diaryl/α,β-unsaturated/α-hetero) is 1. The molecule has 6 rings (SSSR count). The first-order chi connectivity index (χ1) is 23.1. The van der Waals surface area contributed by atoms with Crippen LogP contribution in [-0.4, -0.2) is 55.3 Å². The Labute approximate surface area is 281 Å². The number of ether oxygens (including phenoxy) is 3. The molecule has 0 aromatic heterocycles. The van der Waals surface area contributed by atoms with Crippen LogP contribution in [0.3, 0.4) is 0 Å². The Kier molecular flexibility index (Phi) is 9.66. The van der Waals surface area contributed by atoms with Crippen molar-refractivity contribution in [1.29, 1.82) is 0 Å². The number of aliphatic imine (C=N–C) groups is 1. The Balaban J connectivity index is 1.34. The molecular weight excluding hydrogens is 643 g/mol. The van der Waals surface area contributed by atoms with Gasteiger partial charge in [-0.15, -0.1) is 0 Å². The summed E-state index contributed by atoms with van der Waals surface area (Å²) < 4.78 is 31.4. The number of nitrogens with zero attached hydrogens (tertiary/aromatic N) is 1. The zero-order chi connectivity index (χ0) is 34.0. The molecule has 2 aromatic rings. The number of carbonyl (C=O) groups is 4. The van der Waals surface area contributed by atoms with Gasteiger partial charge in [-0.25, -0.2) is 14.0 Å². The first-order valence-electron chi connectivity index (χ1n) is 16.0. The highest BCUT2D eigenvalue weighted by Crippen LogP contribution is 2.44. The van der Waals surface area contributed by atoms with E-state index in [0.29, 0.717) is 53.9 Å². The molecule has 0 aliphatic carbocycles. The lowest BCUT2D eigenvalue weighted by Crippen LogP contribution is -2.59. The number of rotatable bonds is 6. The van der Waals surface area contributed by atoms with E-state index in [9.17, 15) is 19.2 Å². The van der Waals surface area contributed by atoms with Crippen LogP contribution in [0.1, 0.15) is 62.1 Å². The van der Waals surface area contributed by atoms with Gasteiger partial charge in [-0.3, -0.25) is 25.2 Å². The van der Waals surface area contributed by atoms with E-state index < -0.39 is 47.6 Å². The van der Waals surface area contributed by atoms with Crippen molar-refractivity contribution in [2.24, 2.45) is 10.9 Å². The number of hydrogen-bond acceptors (Lipinski definition) is 10. The summed E-state index contributed by atoms with van der Waals surface area (Å²) in [7, 11) is 1.32. The largest absolute Gasteiger partial charge is 0.469 e. The molecule has 13 heteroatoms. The second-order valence-electron chi connectivity index (χ2n) is 12.1. The van der Waals surface area contributed by atoms with E-state index in [4.69, 9.17) is 30.8 Å². The van der Waals surface area contributed by atoms with E-state index in [-0.39, 0.29) is 47.9 Å². The van der Waals surface area contributed by atoms with Gasteiger partial charge >= 0.3 is 18.0 Å². The minimum Gasteiger partial charge on any atom is -0.469 e. The molecule has 4 aliphatic rings. The first kappa shape index (κ1) is 33.4. The van der Waals surface area contributed by atoms with Crippen LogP contribution in [0.2, 0.25) is 5.02 Å². The molecule has 48 heavy (non-hydrogen) atoms. The molecule has 4 aliphatic heterocycles. The predicted octanol–water partition coefficient (Wildman–Crippen LogP) is 5.82. The highest BCUT2D eigenvalue weighted by molar-refractivity contribution is 6.31. The summed E-state index contributed by atoms with van der Waals surface area (Å²) in [5.74, 6) is -2.39. The van der Waals surface area contributed by atoms with Gasteiger partial charge in [0.2, 0.25) is 0 Å². The number of ketones is 1. The number of piperidine rings is 1. The summed E-state index contributed by atoms with van der Waals surface area (Å²) in [5.41, 5.74) is 1.97. The Hall–Kier alpha value is -4.55. The van der Waals surface area contributed by atoms with Crippen LogP contribution in [0.4, 0.5) is 20.6 Å². The molecule has 0 saturated carbocycles. The number of benzene rings is 2. The van der Waals surface area contributed by atoms with Gasteiger partial charge in [0.25, 0.3) is 0 Å². The average molecular weight is 679 g/mol. The topological polar surface area (TPSA) is 144 Å². The fourth-order valence-electron chi connectivity index (χ4n) is 6.76. The SMILES string of the molecule is CCOC(=O)C1C/C=C/CC(C(=O)C2CCC[C@@]3(N2)OC(=O)Nc2ccc(Cl)c(F)c23)C2=NC(=CC2)c2ccc(CC(=O)OC)cc2N1. The molecule has 3 N–H and O–H groups in total. The number of halogens is 2. The maximum absolute atomic E-state index is 15.5. The van der Waals surface area contributed by atoms with Crippen molar-refractivity contribution in [1.82, 2.24) is 5.32 Å². The molecule has 1 fully saturated rings. The van der Waals surface area contributed by atoms with Gasteiger partial charge in [-0.1, -0.05) is 42.0 Å². The van der Waals surface area contributed by atoms with Crippen molar-refractivity contribution in [3.05, 3.63) is 76.1 Å². The number of fused-ring (bicyclic) bond motifs is 5. The predicted molar refractivity (Wildman–Crippen MR) is 177 cm³/mol. The van der Waals surface area contributed by atoms with E-state index >= 15 is 4.39 Å². The molecule has 3 unspecified atom stereocenters. The summed E-state index contributed by atoms with van der Waals surface area (Å²) in [5, 5.41) is 8.91. The van der Waals surface area contributed by atoms with Crippen molar-refractivity contribution in [2.45, 2.75) is 69.7 Å². The molecule has 1 amide bonds. The molecule has 11 nitrogen and oxygen atoms in total. The molecule has 252 valence electrons. The first-order valence-corrected chi connectivity index (χ1v) is 16.4. The van der Waals surface area contributed by atoms with Gasteiger partial charge in [-0.2, -0.15) is 0 Å². The van der Waals surface area contributed by atoms with Gasteiger partial charge in [0.05, 0.1) is 54.1 Å². The quantitative estimate of drug-likeness (QED) is 0.196. The van der Waals surface area contributed by atoms with Crippen LogP contribution in [0.25, 0.3) is 5.70 Å². The number of anilines is 2. The summed E-state index contributed by atoms with van der Waals surface area (Å²) in [6, 6.07) is 6.77. The maximum atomic E-state index is 15.5. The second kappa shape index (κ2) is 13.9. The van der Waals surface area contributed by atoms with E-state index in [1.165, 1.54) is 19.2 Å². The van der Waals surface area contributed by atoms with Gasteiger partial charge in [0.1, 0.15) is 6.04 Å². The second-order valence-corrected chi connectivity index (χ2v) is 12.5. The lowest BCUT2D eigenvalue weighted by Gasteiger charge is -2.44. The van der Waals surface area contributed by atoms with Crippen LogP contribution in [0.5, 0.6) is 0 Å². The number of carbonyl (C=O) groups excluding carboxylic acids is 4. The third-order valence-electron chi connectivity index (χ3n) is 9.04. The van der Waals surface area contributed by atoms with Crippen LogP contribution >= 0.6 is 11.6 Å². The number of allylic oxidation sites excluding steroid dienone is 2. The number of hydrogen-bond donors (Lipinski definition) is 3. The molecule has 4 heterocycles.